The Kier molecular flexibility index (Phi) is 6.63. The number of rotatable bonds is 4. The molecule has 1 aromatic heterocycles. The quantitative estimate of drug-likeness (QED) is 0.173. The molecule has 0 N–H and O–H groups in total. The first-order valence-corrected chi connectivity index (χ1v) is 22.1. The minimum absolute atomic E-state index is 0.0802. The van der Waals surface area contributed by atoms with Crippen LogP contribution in [0.15, 0.2) is 152 Å². The van der Waals surface area contributed by atoms with E-state index in [0.717, 1.165) is 23.7 Å². The Bertz CT molecular complexity index is 2930. The van der Waals surface area contributed by atoms with Gasteiger partial charge in [-0.05, 0) is 154 Å². The zero-order chi connectivity index (χ0) is 37.6. The van der Waals surface area contributed by atoms with Crippen LogP contribution in [0.4, 0.5) is 17.1 Å². The Morgan fingerprint density at radius 2 is 1.04 bits per heavy atom. The molecule has 1 heterocycles. The second-order valence-corrected chi connectivity index (χ2v) is 19.6. The first-order chi connectivity index (χ1) is 28.0. The Balaban J connectivity index is 0.981. The number of nitrogens with zero attached hydrogens (tertiary/aromatic N) is 1. The van der Waals surface area contributed by atoms with E-state index in [0.29, 0.717) is 0 Å². The maximum Gasteiger partial charge on any atom is 0.0468 e. The van der Waals surface area contributed by atoms with Crippen LogP contribution in [0.1, 0.15) is 68.2 Å². The number of benzene rings is 7. The summed E-state index contributed by atoms with van der Waals surface area (Å²) in [5.74, 6) is 3.40. The summed E-state index contributed by atoms with van der Waals surface area (Å²) in [7, 11) is 0. The summed E-state index contributed by atoms with van der Waals surface area (Å²) >= 11 is 1.91. The summed E-state index contributed by atoms with van der Waals surface area (Å²) in [5, 5.41) is 2.69. The maximum atomic E-state index is 2.57. The summed E-state index contributed by atoms with van der Waals surface area (Å²) in [6, 6.07) is 58.4. The van der Waals surface area contributed by atoms with Gasteiger partial charge in [-0.25, -0.2) is 0 Å². The topological polar surface area (TPSA) is 3.24 Å². The first-order valence-electron chi connectivity index (χ1n) is 21.3. The Morgan fingerprint density at radius 3 is 1.82 bits per heavy atom. The van der Waals surface area contributed by atoms with Crippen LogP contribution in [0.2, 0.25) is 0 Å². The molecule has 0 aliphatic heterocycles. The second kappa shape index (κ2) is 11.6. The molecular formula is C55H45NS. The van der Waals surface area contributed by atoms with Gasteiger partial charge in [-0.15, -0.1) is 11.3 Å². The molecule has 276 valence electrons. The van der Waals surface area contributed by atoms with Crippen LogP contribution in [0, 0.1) is 23.7 Å². The van der Waals surface area contributed by atoms with E-state index in [1.54, 1.807) is 11.1 Å². The summed E-state index contributed by atoms with van der Waals surface area (Å²) in [6.45, 7) is 4.79. The molecule has 4 fully saturated rings. The van der Waals surface area contributed by atoms with Crippen molar-refractivity contribution in [3.63, 3.8) is 0 Å². The average Bonchev–Trinajstić information content (AvgIpc) is 3.84. The summed E-state index contributed by atoms with van der Waals surface area (Å²) in [4.78, 5) is 2.54. The van der Waals surface area contributed by atoms with Gasteiger partial charge in [-0.1, -0.05) is 123 Å². The van der Waals surface area contributed by atoms with Crippen molar-refractivity contribution < 1.29 is 0 Å². The van der Waals surface area contributed by atoms with Crippen LogP contribution < -0.4 is 4.90 Å². The van der Waals surface area contributed by atoms with Crippen LogP contribution in [0.25, 0.3) is 53.6 Å². The molecule has 57 heavy (non-hydrogen) atoms. The second-order valence-electron chi connectivity index (χ2n) is 18.5. The van der Waals surface area contributed by atoms with Crippen molar-refractivity contribution in [2.45, 2.75) is 56.8 Å². The molecule has 6 aliphatic carbocycles. The van der Waals surface area contributed by atoms with E-state index in [9.17, 15) is 0 Å². The van der Waals surface area contributed by atoms with Crippen molar-refractivity contribution in [1.82, 2.24) is 0 Å². The highest BCUT2D eigenvalue weighted by Gasteiger charge is 2.61. The molecule has 2 heteroatoms. The van der Waals surface area contributed by atoms with Gasteiger partial charge in [0.15, 0.2) is 0 Å². The smallest absolute Gasteiger partial charge is 0.0468 e. The molecule has 0 radical (unpaired) electrons. The van der Waals surface area contributed by atoms with E-state index < -0.39 is 0 Å². The molecule has 1 nitrogen and oxygen atoms in total. The number of hydrogen-bond acceptors (Lipinski definition) is 2. The lowest BCUT2D eigenvalue weighted by atomic mass is 9.43. The van der Waals surface area contributed by atoms with Crippen molar-refractivity contribution >= 4 is 48.6 Å². The molecule has 7 aromatic carbocycles. The molecule has 0 amide bonds. The molecule has 14 rings (SSSR count). The zero-order valence-corrected chi connectivity index (χ0v) is 33.5. The van der Waals surface area contributed by atoms with Crippen molar-refractivity contribution in [2.75, 3.05) is 4.90 Å². The van der Waals surface area contributed by atoms with Gasteiger partial charge in [0.2, 0.25) is 0 Å². The largest absolute Gasteiger partial charge is 0.310 e. The SMILES string of the molecule is CC1(C)c2ccccc2-c2ccc(N(c3ccc(-c4cccc5c4sc4ccccc45)cc3)c3ccc4c(c3)-c3ccccc3C43C4CC5CC(C4)CC3C5)cc21. The van der Waals surface area contributed by atoms with Crippen molar-refractivity contribution in [3.8, 4) is 33.4 Å². The van der Waals surface area contributed by atoms with Gasteiger partial charge in [0, 0.05) is 48.1 Å². The highest BCUT2D eigenvalue weighted by atomic mass is 32.1. The summed E-state index contributed by atoms with van der Waals surface area (Å²) in [6.07, 6.45) is 7.10. The predicted octanol–water partition coefficient (Wildman–Crippen LogP) is 15.2. The molecule has 1 spiro atoms. The average molecular weight is 752 g/mol. The van der Waals surface area contributed by atoms with Gasteiger partial charge in [0.1, 0.15) is 0 Å². The molecule has 0 atom stereocenters. The fourth-order valence-electron chi connectivity index (χ4n) is 13.3. The first kappa shape index (κ1) is 32.6. The fourth-order valence-corrected chi connectivity index (χ4v) is 14.6. The summed E-state index contributed by atoms with van der Waals surface area (Å²) < 4.78 is 2.71. The standard InChI is InChI=1S/C55H45NS/c1-54(2)48-15-6-3-10-42(48)44-24-22-40(32-51(44)54)56(38-20-18-35(19-21-38)41-13-9-14-46-45-12-5-8-17-52(45)57-53(41)46)39-23-25-50-47(31-39)43-11-4-7-16-49(43)55(50)36-27-33-26-34(29-36)30-37(55)28-33/h3-25,31-34,36-37H,26-30H2,1-2H3. The Labute approximate surface area is 339 Å². The molecule has 6 aliphatic rings. The van der Waals surface area contributed by atoms with E-state index in [1.807, 2.05) is 11.3 Å². The molecule has 0 saturated heterocycles. The van der Waals surface area contributed by atoms with Crippen LogP contribution in [0.5, 0.6) is 0 Å². The van der Waals surface area contributed by atoms with Crippen LogP contribution in [-0.4, -0.2) is 0 Å². The van der Waals surface area contributed by atoms with Crippen LogP contribution in [0.3, 0.4) is 0 Å². The predicted molar refractivity (Wildman–Crippen MR) is 240 cm³/mol. The van der Waals surface area contributed by atoms with Gasteiger partial charge in [0.05, 0.1) is 0 Å². The molecule has 8 aromatic rings. The van der Waals surface area contributed by atoms with Gasteiger partial charge in [-0.3, -0.25) is 0 Å². The molecular weight excluding hydrogens is 707 g/mol. The third kappa shape index (κ3) is 4.35. The zero-order valence-electron chi connectivity index (χ0n) is 32.6. The summed E-state index contributed by atoms with van der Waals surface area (Å²) in [5.41, 5.74) is 18.0. The highest BCUT2D eigenvalue weighted by molar-refractivity contribution is 7.26. The van der Waals surface area contributed by atoms with E-state index in [2.05, 4.69) is 170 Å². The van der Waals surface area contributed by atoms with Gasteiger partial charge >= 0.3 is 0 Å². The van der Waals surface area contributed by atoms with Gasteiger partial charge < -0.3 is 4.90 Å². The fraction of sp³-hybridized carbons (Fsp3) is 0.236. The molecule has 4 bridgehead atoms. The number of anilines is 3. The van der Waals surface area contributed by atoms with Crippen molar-refractivity contribution in [2.24, 2.45) is 23.7 Å². The normalized spacial score (nSPS) is 24.2. The van der Waals surface area contributed by atoms with E-state index in [1.165, 1.54) is 114 Å². The third-order valence-corrected chi connectivity index (χ3v) is 16.7. The Morgan fingerprint density at radius 1 is 0.456 bits per heavy atom. The van der Waals surface area contributed by atoms with E-state index in [-0.39, 0.29) is 10.8 Å². The van der Waals surface area contributed by atoms with E-state index >= 15 is 0 Å². The monoisotopic (exact) mass is 751 g/mol. The number of fused-ring (bicyclic) bond motifs is 9. The Hall–Kier alpha value is -5.44. The minimum atomic E-state index is -0.0802. The van der Waals surface area contributed by atoms with Gasteiger partial charge in [-0.2, -0.15) is 0 Å². The van der Waals surface area contributed by atoms with E-state index in [4.69, 9.17) is 0 Å². The van der Waals surface area contributed by atoms with Crippen LogP contribution in [-0.2, 0) is 10.8 Å². The third-order valence-electron chi connectivity index (χ3n) is 15.5. The minimum Gasteiger partial charge on any atom is -0.310 e. The lowest BCUT2D eigenvalue weighted by Gasteiger charge is -2.61. The molecule has 4 saturated carbocycles. The lowest BCUT2D eigenvalue weighted by molar-refractivity contribution is -0.0399. The van der Waals surface area contributed by atoms with Crippen molar-refractivity contribution in [1.29, 1.82) is 0 Å². The van der Waals surface area contributed by atoms with Gasteiger partial charge in [0.25, 0.3) is 0 Å². The van der Waals surface area contributed by atoms with Crippen LogP contribution >= 0.6 is 11.3 Å². The number of hydrogen-bond donors (Lipinski definition) is 0. The lowest BCUT2D eigenvalue weighted by Crippen LogP contribution is -2.55. The highest BCUT2D eigenvalue weighted by Crippen LogP contribution is 2.69. The van der Waals surface area contributed by atoms with Crippen molar-refractivity contribution in [3.05, 3.63) is 174 Å². The maximum absolute atomic E-state index is 2.57. The molecule has 0 unspecified atom stereocenters. The number of thiophene rings is 1.